The Labute approximate surface area is 138 Å². The number of aryl methyl sites for hydroxylation is 1. The van der Waals surface area contributed by atoms with Crippen molar-refractivity contribution in [2.75, 3.05) is 13.1 Å². The van der Waals surface area contributed by atoms with Crippen LogP contribution >= 0.6 is 11.8 Å². The summed E-state index contributed by atoms with van der Waals surface area (Å²) in [5, 5.41) is 9.59. The molecule has 1 aliphatic heterocycles. The third-order valence-electron chi connectivity index (χ3n) is 3.99. The van der Waals surface area contributed by atoms with E-state index in [1.807, 2.05) is 42.2 Å². The second-order valence-electron chi connectivity index (χ2n) is 5.72. The zero-order chi connectivity index (χ0) is 15.6. The van der Waals surface area contributed by atoms with Gasteiger partial charge in [0.1, 0.15) is 12.1 Å². The molecule has 3 aromatic rings. The van der Waals surface area contributed by atoms with Gasteiger partial charge in [0, 0.05) is 38.4 Å². The fourth-order valence-corrected chi connectivity index (χ4v) is 3.44. The van der Waals surface area contributed by atoms with Crippen molar-refractivity contribution in [3.05, 3.63) is 54.3 Å². The van der Waals surface area contributed by atoms with E-state index in [1.165, 1.54) is 17.3 Å². The highest BCUT2D eigenvalue weighted by molar-refractivity contribution is 7.99. The van der Waals surface area contributed by atoms with E-state index < -0.39 is 0 Å². The van der Waals surface area contributed by atoms with Crippen LogP contribution in [0.4, 0.5) is 0 Å². The smallest absolute Gasteiger partial charge is 0.198 e. The van der Waals surface area contributed by atoms with Crippen molar-refractivity contribution in [2.24, 2.45) is 7.05 Å². The number of hydrogen-bond acceptors (Lipinski definition) is 6. The Hall–Kier alpha value is -2.12. The van der Waals surface area contributed by atoms with Gasteiger partial charge < -0.3 is 8.98 Å². The summed E-state index contributed by atoms with van der Waals surface area (Å²) in [5.41, 5.74) is 1.32. The molecule has 0 amide bonds. The van der Waals surface area contributed by atoms with Crippen molar-refractivity contribution in [1.82, 2.24) is 24.6 Å². The third kappa shape index (κ3) is 3.16. The largest absolute Gasteiger partial charge is 0.453 e. The lowest BCUT2D eigenvalue weighted by molar-refractivity contribution is 0.126. The molecule has 0 atom stereocenters. The first kappa shape index (κ1) is 14.5. The van der Waals surface area contributed by atoms with E-state index in [0.29, 0.717) is 5.92 Å². The predicted molar refractivity (Wildman–Crippen MR) is 86.1 cm³/mol. The molecular weight excluding hydrogens is 310 g/mol. The van der Waals surface area contributed by atoms with E-state index >= 15 is 0 Å². The Bertz CT molecular complexity index is 779. The lowest BCUT2D eigenvalue weighted by Crippen LogP contribution is -2.44. The monoisotopic (exact) mass is 327 g/mol. The zero-order valence-corrected chi connectivity index (χ0v) is 13.6. The molecule has 0 aliphatic carbocycles. The first-order valence-corrected chi connectivity index (χ1v) is 8.32. The van der Waals surface area contributed by atoms with Gasteiger partial charge in [0.05, 0.1) is 6.54 Å². The van der Waals surface area contributed by atoms with Crippen LogP contribution in [-0.2, 0) is 13.6 Å². The van der Waals surface area contributed by atoms with Crippen molar-refractivity contribution in [3.8, 4) is 0 Å². The van der Waals surface area contributed by atoms with Crippen molar-refractivity contribution in [3.63, 3.8) is 0 Å². The Morgan fingerprint density at radius 1 is 1.30 bits per heavy atom. The molecule has 0 spiro atoms. The summed E-state index contributed by atoms with van der Waals surface area (Å²) in [6.07, 6.45) is 5.47. The molecule has 7 heteroatoms. The van der Waals surface area contributed by atoms with Gasteiger partial charge in [-0.05, 0) is 35.5 Å². The molecule has 118 valence electrons. The van der Waals surface area contributed by atoms with Gasteiger partial charge in [0.2, 0.25) is 0 Å². The first-order valence-electron chi connectivity index (χ1n) is 7.51. The van der Waals surface area contributed by atoms with Crippen molar-refractivity contribution < 1.29 is 4.42 Å². The number of rotatable bonds is 5. The van der Waals surface area contributed by atoms with Crippen LogP contribution in [0.15, 0.2) is 57.7 Å². The van der Waals surface area contributed by atoms with Gasteiger partial charge in [-0.15, -0.1) is 10.2 Å². The van der Waals surface area contributed by atoms with Crippen LogP contribution in [0.1, 0.15) is 17.2 Å². The lowest BCUT2D eigenvalue weighted by Gasteiger charge is -2.38. The van der Waals surface area contributed by atoms with Gasteiger partial charge in [-0.25, -0.2) is 0 Å². The lowest BCUT2D eigenvalue weighted by atomic mass is 9.93. The Balaban J connectivity index is 1.32. The second-order valence-corrected chi connectivity index (χ2v) is 6.70. The molecule has 4 heterocycles. The Kier molecular flexibility index (Phi) is 3.88. The van der Waals surface area contributed by atoms with Crippen LogP contribution in [0.2, 0.25) is 0 Å². The molecule has 0 aromatic carbocycles. The quantitative estimate of drug-likeness (QED) is 0.718. The minimum absolute atomic E-state index is 0.589. The SMILES string of the molecule is Cn1cnnc1Sc1ccc(CN2CC(c3cccnc3)C2)o1. The summed E-state index contributed by atoms with van der Waals surface area (Å²) >= 11 is 1.49. The summed E-state index contributed by atoms with van der Waals surface area (Å²) in [6.45, 7) is 2.95. The van der Waals surface area contributed by atoms with Crippen LogP contribution in [-0.4, -0.2) is 37.7 Å². The van der Waals surface area contributed by atoms with Gasteiger partial charge in [-0.3, -0.25) is 9.88 Å². The highest BCUT2D eigenvalue weighted by atomic mass is 32.2. The molecule has 23 heavy (non-hydrogen) atoms. The average Bonchev–Trinajstić information content (AvgIpc) is 3.14. The fraction of sp³-hybridized carbons (Fsp3) is 0.312. The number of furan rings is 1. The molecule has 1 aliphatic rings. The van der Waals surface area contributed by atoms with E-state index in [-0.39, 0.29) is 0 Å². The topological polar surface area (TPSA) is 60.0 Å². The summed E-state index contributed by atoms with van der Waals surface area (Å²) in [6, 6.07) is 8.18. The van der Waals surface area contributed by atoms with Crippen LogP contribution in [0.5, 0.6) is 0 Å². The maximum absolute atomic E-state index is 5.89. The number of nitrogens with zero attached hydrogens (tertiary/aromatic N) is 5. The Morgan fingerprint density at radius 2 is 2.22 bits per heavy atom. The van der Waals surface area contributed by atoms with Crippen LogP contribution in [0.25, 0.3) is 0 Å². The van der Waals surface area contributed by atoms with Gasteiger partial charge >= 0.3 is 0 Å². The van der Waals surface area contributed by atoms with Crippen molar-refractivity contribution >= 4 is 11.8 Å². The predicted octanol–water partition coefficient (Wildman–Crippen LogP) is 2.55. The van der Waals surface area contributed by atoms with E-state index in [1.54, 1.807) is 6.33 Å². The highest BCUT2D eigenvalue weighted by Crippen LogP contribution is 2.30. The second kappa shape index (κ2) is 6.17. The minimum atomic E-state index is 0.589. The maximum Gasteiger partial charge on any atom is 0.198 e. The molecule has 6 nitrogen and oxygen atoms in total. The van der Waals surface area contributed by atoms with Crippen molar-refractivity contribution in [2.45, 2.75) is 22.7 Å². The molecule has 1 fully saturated rings. The molecule has 4 rings (SSSR count). The van der Waals surface area contributed by atoms with Crippen LogP contribution in [0.3, 0.4) is 0 Å². The first-order chi connectivity index (χ1) is 11.3. The summed E-state index contributed by atoms with van der Waals surface area (Å²) in [4.78, 5) is 6.57. The number of pyridine rings is 1. The standard InChI is InChI=1S/C16H17N5OS/c1-20-11-18-19-16(20)23-15-5-4-14(22-15)10-21-8-13(9-21)12-3-2-6-17-7-12/h2-7,11,13H,8-10H2,1H3. The maximum atomic E-state index is 5.89. The number of hydrogen-bond donors (Lipinski definition) is 0. The fourth-order valence-electron chi connectivity index (χ4n) is 2.70. The van der Waals surface area contributed by atoms with E-state index in [0.717, 1.165) is 35.6 Å². The number of aromatic nitrogens is 4. The number of likely N-dealkylation sites (tertiary alicyclic amines) is 1. The molecule has 3 aromatic heterocycles. The molecule has 0 unspecified atom stereocenters. The summed E-state index contributed by atoms with van der Waals surface area (Å²) in [7, 11) is 1.92. The van der Waals surface area contributed by atoms with E-state index in [2.05, 4.69) is 26.1 Å². The van der Waals surface area contributed by atoms with Gasteiger partial charge in [0.15, 0.2) is 10.2 Å². The highest BCUT2D eigenvalue weighted by Gasteiger charge is 2.28. The average molecular weight is 327 g/mol. The third-order valence-corrected chi connectivity index (χ3v) is 4.96. The minimum Gasteiger partial charge on any atom is -0.453 e. The zero-order valence-electron chi connectivity index (χ0n) is 12.8. The molecule has 0 radical (unpaired) electrons. The summed E-state index contributed by atoms with van der Waals surface area (Å²) < 4.78 is 7.76. The van der Waals surface area contributed by atoms with Gasteiger partial charge in [0.25, 0.3) is 0 Å². The normalized spacial score (nSPS) is 15.7. The molecular formula is C16H17N5OS. The Morgan fingerprint density at radius 3 is 2.96 bits per heavy atom. The molecule has 1 saturated heterocycles. The van der Waals surface area contributed by atoms with Crippen molar-refractivity contribution in [1.29, 1.82) is 0 Å². The van der Waals surface area contributed by atoms with Gasteiger partial charge in [-0.1, -0.05) is 6.07 Å². The molecule has 0 bridgehead atoms. The molecule has 0 saturated carbocycles. The van der Waals surface area contributed by atoms with Crippen LogP contribution in [0, 0.1) is 0 Å². The van der Waals surface area contributed by atoms with Gasteiger partial charge in [-0.2, -0.15) is 0 Å². The van der Waals surface area contributed by atoms with E-state index in [9.17, 15) is 0 Å². The van der Waals surface area contributed by atoms with Crippen LogP contribution < -0.4 is 0 Å². The van der Waals surface area contributed by atoms with E-state index in [4.69, 9.17) is 4.42 Å². The molecule has 0 N–H and O–H groups in total. The summed E-state index contributed by atoms with van der Waals surface area (Å²) in [5.74, 6) is 1.57.